The Hall–Kier alpha value is -2.47. The number of phosphoric ester groups is 2. The van der Waals surface area contributed by atoms with Gasteiger partial charge in [0.15, 0.2) is 17.8 Å². The number of nitrogens with zero attached hydrogens (tertiary/aromatic N) is 2. The van der Waals surface area contributed by atoms with Crippen LogP contribution in [-0.2, 0) is 41.6 Å². The molecule has 1 saturated heterocycles. The average molecular weight is 746 g/mol. The summed E-state index contributed by atoms with van der Waals surface area (Å²) >= 11 is 0. The Labute approximate surface area is 285 Å². The number of anilines is 1. The summed E-state index contributed by atoms with van der Waals surface area (Å²) in [6.45, 7) is 1.49. The normalized spacial score (nSPS) is 40.6. The van der Waals surface area contributed by atoms with Crippen LogP contribution in [0.25, 0.3) is 0 Å². The van der Waals surface area contributed by atoms with Crippen molar-refractivity contribution in [3.05, 3.63) is 34.4 Å². The van der Waals surface area contributed by atoms with Crippen LogP contribution in [0, 0.1) is 28.6 Å². The number of hydrogen-bond donors (Lipinski definition) is 6. The summed E-state index contributed by atoms with van der Waals surface area (Å²) in [6, 6.07) is 1.23. The topological polar surface area (TPSA) is 284 Å². The molecule has 7 N–H and O–H groups in total. The highest BCUT2D eigenvalue weighted by atomic mass is 31.3. The summed E-state index contributed by atoms with van der Waals surface area (Å²) in [4.78, 5) is 75.4. The number of ketones is 3. The Morgan fingerprint density at radius 2 is 1.78 bits per heavy atom. The monoisotopic (exact) mass is 745 g/mol. The average Bonchev–Trinajstić information content (AvgIpc) is 3.46. The lowest BCUT2D eigenvalue weighted by Crippen LogP contribution is -2.61. The van der Waals surface area contributed by atoms with E-state index in [1.165, 1.54) is 6.07 Å². The minimum atomic E-state index is -5.51. The zero-order valence-electron chi connectivity index (χ0n) is 27.3. The van der Waals surface area contributed by atoms with Gasteiger partial charge in [0.05, 0.1) is 6.61 Å². The minimum Gasteiger partial charge on any atom is -0.387 e. The van der Waals surface area contributed by atoms with Gasteiger partial charge >= 0.3 is 21.3 Å². The number of Topliss-reactive ketones (excluding diaryl/α,β-unsaturated/α-hetero) is 2. The van der Waals surface area contributed by atoms with E-state index in [0.717, 1.165) is 16.3 Å². The van der Waals surface area contributed by atoms with Gasteiger partial charge in [0, 0.05) is 30.4 Å². The molecule has 20 heteroatoms. The number of hydrogen-bond acceptors (Lipinski definition) is 15. The predicted molar refractivity (Wildman–Crippen MR) is 169 cm³/mol. The number of aliphatic hydroxyl groups is 3. The molecule has 4 aliphatic carbocycles. The summed E-state index contributed by atoms with van der Waals surface area (Å²) in [6.07, 6.45) is -1.31. The van der Waals surface area contributed by atoms with Crippen LogP contribution < -0.4 is 11.4 Å². The van der Waals surface area contributed by atoms with Gasteiger partial charge in [0.25, 0.3) is 0 Å². The largest absolute Gasteiger partial charge is 0.481 e. The molecule has 0 spiro atoms. The van der Waals surface area contributed by atoms with E-state index in [2.05, 4.69) is 9.29 Å². The lowest BCUT2D eigenvalue weighted by atomic mass is 9.46. The molecule has 50 heavy (non-hydrogen) atoms. The summed E-state index contributed by atoms with van der Waals surface area (Å²) < 4.78 is 45.2. The first kappa shape index (κ1) is 37.3. The van der Waals surface area contributed by atoms with Gasteiger partial charge in [0.1, 0.15) is 42.1 Å². The molecule has 5 aliphatic rings. The second-order valence-corrected chi connectivity index (χ2v) is 17.4. The first-order chi connectivity index (χ1) is 23.2. The fourth-order valence-electron chi connectivity index (χ4n) is 9.17. The van der Waals surface area contributed by atoms with E-state index in [4.69, 9.17) is 19.5 Å². The van der Waals surface area contributed by atoms with Crippen LogP contribution in [0.5, 0.6) is 0 Å². The molecule has 1 aliphatic heterocycles. The Morgan fingerprint density at radius 1 is 1.08 bits per heavy atom. The fraction of sp³-hybridized carbons (Fsp3) is 0.700. The third-order valence-corrected chi connectivity index (χ3v) is 14.3. The highest BCUT2D eigenvalue weighted by Crippen LogP contribution is 2.67. The fourth-order valence-corrected chi connectivity index (χ4v) is 11.2. The van der Waals surface area contributed by atoms with Gasteiger partial charge in [-0.15, -0.1) is 0 Å². The van der Waals surface area contributed by atoms with Crippen LogP contribution in [0.4, 0.5) is 5.82 Å². The van der Waals surface area contributed by atoms with Gasteiger partial charge in [-0.05, 0) is 61.5 Å². The molecule has 0 aromatic carbocycles. The standard InChI is InChI=1S/C30H41N3O15P2/c1-28-8-5-16(34)11-15(28)3-4-17-18-6-9-30(40,29(18,2)12-19(35)23(17)28)21(36)14-46-50(43,44)48-49(41,42)45-13-20-24(37)25(38)26(47-20)33-10-7-22(31)32-27(33)39/h7,10-11,17-18,20,23-26,37-38,40H,3-6,8-9,12-14H2,1-2H3,(H,41,42)(H,43,44)(H2,31,32,39)/t17?,18?,20-,23?,24-,25+,26?,28?,29?,30+/m1/s1. The molecule has 0 bridgehead atoms. The van der Waals surface area contributed by atoms with Crippen LogP contribution in [0.3, 0.4) is 0 Å². The molecule has 1 aromatic heterocycles. The Morgan fingerprint density at radius 3 is 2.48 bits per heavy atom. The van der Waals surface area contributed by atoms with E-state index in [1.54, 1.807) is 13.0 Å². The van der Waals surface area contributed by atoms with E-state index < -0.39 is 81.3 Å². The molecule has 3 saturated carbocycles. The molecule has 6 rings (SSSR count). The molecule has 276 valence electrons. The molecule has 4 fully saturated rings. The number of carbonyl (C=O) groups excluding carboxylic acids is 3. The van der Waals surface area contributed by atoms with Crippen molar-refractivity contribution in [3.8, 4) is 0 Å². The Bertz CT molecular complexity index is 1780. The maximum Gasteiger partial charge on any atom is 0.481 e. The number of allylic oxidation sites excluding steroid dienone is 1. The van der Waals surface area contributed by atoms with Crippen LogP contribution in [0.2, 0.25) is 0 Å². The third-order valence-electron chi connectivity index (χ3n) is 11.7. The number of rotatable bonds is 10. The summed E-state index contributed by atoms with van der Waals surface area (Å²) in [5, 5.41) is 32.5. The molecule has 8 unspecified atom stereocenters. The molecule has 0 radical (unpaired) electrons. The number of aliphatic hydroxyl groups excluding tert-OH is 2. The number of nitrogens with two attached hydrogens (primary N) is 1. The SMILES string of the molecule is CC12CCC(=O)C=C1CCC1C2C(=O)CC2(C)C1CC[C@]2(O)C(=O)COP(=O)(O)OP(=O)(O)OC[C@H]1OC(n2ccc(N)nc2=O)[C@@H](O)[C@@H]1O. The molecule has 0 amide bonds. The lowest BCUT2D eigenvalue weighted by molar-refractivity contribution is -0.170. The zero-order chi connectivity index (χ0) is 36.6. The number of ether oxygens (including phenoxy) is 1. The van der Waals surface area contributed by atoms with Crippen molar-refractivity contribution in [1.29, 1.82) is 0 Å². The maximum atomic E-state index is 13.8. The molecule has 1 aromatic rings. The van der Waals surface area contributed by atoms with Crippen LogP contribution in [-0.4, -0.2) is 89.1 Å². The van der Waals surface area contributed by atoms with Gasteiger partial charge in [-0.2, -0.15) is 9.29 Å². The lowest BCUT2D eigenvalue weighted by Gasteiger charge is -2.57. The summed E-state index contributed by atoms with van der Waals surface area (Å²) in [5.41, 5.74) is 1.67. The Balaban J connectivity index is 1.07. The first-order valence-electron chi connectivity index (χ1n) is 16.3. The predicted octanol–water partition coefficient (Wildman–Crippen LogP) is 0.706. The molecular weight excluding hydrogens is 704 g/mol. The van der Waals surface area contributed by atoms with Gasteiger partial charge < -0.3 is 35.6 Å². The molecule has 12 atom stereocenters. The van der Waals surface area contributed by atoms with Crippen molar-refractivity contribution < 1.29 is 66.7 Å². The number of phosphoric acid groups is 2. The highest BCUT2D eigenvalue weighted by molar-refractivity contribution is 7.61. The summed E-state index contributed by atoms with van der Waals surface area (Å²) in [7, 11) is -11.0. The second-order valence-electron chi connectivity index (χ2n) is 14.4. The first-order valence-corrected chi connectivity index (χ1v) is 19.2. The van der Waals surface area contributed by atoms with E-state index in [0.29, 0.717) is 32.1 Å². The molecular formula is C30H41N3O15P2. The van der Waals surface area contributed by atoms with Crippen molar-refractivity contribution in [3.63, 3.8) is 0 Å². The van der Waals surface area contributed by atoms with Crippen LogP contribution >= 0.6 is 15.6 Å². The van der Waals surface area contributed by atoms with E-state index >= 15 is 0 Å². The van der Waals surface area contributed by atoms with Gasteiger partial charge in [0.2, 0.25) is 0 Å². The van der Waals surface area contributed by atoms with E-state index in [1.807, 2.05) is 6.92 Å². The maximum absolute atomic E-state index is 13.8. The number of carbonyl (C=O) groups is 3. The van der Waals surface area contributed by atoms with Crippen molar-refractivity contribution >= 4 is 38.8 Å². The minimum absolute atomic E-state index is 0.0427. The highest BCUT2D eigenvalue weighted by Gasteiger charge is 2.68. The molecule has 18 nitrogen and oxygen atoms in total. The third kappa shape index (κ3) is 6.32. The smallest absolute Gasteiger partial charge is 0.387 e. The number of aromatic nitrogens is 2. The van der Waals surface area contributed by atoms with Crippen LogP contribution in [0.15, 0.2) is 28.7 Å². The van der Waals surface area contributed by atoms with E-state index in [9.17, 15) is 53.4 Å². The van der Waals surface area contributed by atoms with Crippen LogP contribution in [0.1, 0.15) is 65.0 Å². The van der Waals surface area contributed by atoms with Crippen molar-refractivity contribution in [1.82, 2.24) is 9.55 Å². The molecule has 2 heterocycles. The number of nitrogen functional groups attached to an aromatic ring is 1. The van der Waals surface area contributed by atoms with Crippen molar-refractivity contribution in [2.24, 2.45) is 28.6 Å². The van der Waals surface area contributed by atoms with Crippen molar-refractivity contribution in [2.45, 2.75) is 88.9 Å². The Kier molecular flexibility index (Phi) is 9.61. The second kappa shape index (κ2) is 12.9. The summed E-state index contributed by atoms with van der Waals surface area (Å²) in [5.74, 6) is -1.95. The van der Waals surface area contributed by atoms with Gasteiger partial charge in [-0.25, -0.2) is 13.9 Å². The van der Waals surface area contributed by atoms with E-state index in [-0.39, 0.29) is 48.0 Å². The zero-order valence-corrected chi connectivity index (χ0v) is 29.1. The van der Waals surface area contributed by atoms with Crippen molar-refractivity contribution in [2.75, 3.05) is 18.9 Å². The quantitative estimate of drug-likeness (QED) is 0.180. The van der Waals surface area contributed by atoms with Gasteiger partial charge in [-0.1, -0.05) is 19.4 Å². The number of fused-ring (bicyclic) bond motifs is 5. The van der Waals surface area contributed by atoms with Gasteiger partial charge in [-0.3, -0.25) is 28.0 Å².